The minimum Gasteiger partial charge on any atom is -0.313 e. The smallest absolute Gasteiger partial charge is 0.243 e. The standard InChI is InChI=1S/C15H26N2O2S/c1-6-17(11-12(2)3)20(18,19)15-9-7-14(8-10-15)13(4)16-5/h7-10,12-13,16H,6,11H2,1-5H3. The fraction of sp³-hybridized carbons (Fsp3) is 0.600. The van der Waals surface area contributed by atoms with Crippen LogP contribution in [0, 0.1) is 5.92 Å². The Morgan fingerprint density at radius 2 is 1.70 bits per heavy atom. The van der Waals surface area contributed by atoms with Gasteiger partial charge >= 0.3 is 0 Å². The van der Waals surface area contributed by atoms with Gasteiger partial charge in [-0.1, -0.05) is 32.9 Å². The van der Waals surface area contributed by atoms with Crippen LogP contribution in [0.5, 0.6) is 0 Å². The van der Waals surface area contributed by atoms with Crippen LogP contribution in [0.3, 0.4) is 0 Å². The summed E-state index contributed by atoms with van der Waals surface area (Å²) in [5.74, 6) is 0.313. The van der Waals surface area contributed by atoms with Crippen molar-refractivity contribution < 1.29 is 8.42 Å². The van der Waals surface area contributed by atoms with Crippen LogP contribution in [0.25, 0.3) is 0 Å². The first-order valence-corrected chi connectivity index (χ1v) is 8.54. The van der Waals surface area contributed by atoms with Gasteiger partial charge in [-0.2, -0.15) is 4.31 Å². The van der Waals surface area contributed by atoms with Crippen molar-refractivity contribution in [3.8, 4) is 0 Å². The van der Waals surface area contributed by atoms with E-state index < -0.39 is 10.0 Å². The molecule has 0 aliphatic heterocycles. The predicted octanol–water partition coefficient (Wildman–Crippen LogP) is 2.63. The van der Waals surface area contributed by atoms with Gasteiger partial charge in [-0.05, 0) is 37.6 Å². The molecule has 0 aromatic heterocycles. The van der Waals surface area contributed by atoms with E-state index in [1.54, 1.807) is 12.1 Å². The molecule has 1 unspecified atom stereocenters. The van der Waals surface area contributed by atoms with E-state index in [4.69, 9.17) is 0 Å². The second kappa shape index (κ2) is 7.20. The van der Waals surface area contributed by atoms with Gasteiger partial charge in [0.15, 0.2) is 0 Å². The lowest BCUT2D eigenvalue weighted by molar-refractivity contribution is 0.381. The number of hydrogen-bond acceptors (Lipinski definition) is 3. The second-order valence-corrected chi connectivity index (χ2v) is 7.37. The van der Waals surface area contributed by atoms with Crippen LogP contribution in [0.2, 0.25) is 0 Å². The Balaban J connectivity index is 3.03. The van der Waals surface area contributed by atoms with Crippen molar-refractivity contribution in [2.75, 3.05) is 20.1 Å². The van der Waals surface area contributed by atoms with Crippen LogP contribution in [0.4, 0.5) is 0 Å². The van der Waals surface area contributed by atoms with Crippen LogP contribution in [0.15, 0.2) is 29.2 Å². The molecular weight excluding hydrogens is 272 g/mol. The number of nitrogens with one attached hydrogen (secondary N) is 1. The van der Waals surface area contributed by atoms with Crippen LogP contribution < -0.4 is 5.32 Å². The van der Waals surface area contributed by atoms with E-state index in [0.717, 1.165) is 5.56 Å². The van der Waals surface area contributed by atoms with Gasteiger partial charge in [-0.15, -0.1) is 0 Å². The summed E-state index contributed by atoms with van der Waals surface area (Å²) in [4.78, 5) is 0.368. The summed E-state index contributed by atoms with van der Waals surface area (Å²) in [6.45, 7) is 9.01. The van der Waals surface area contributed by atoms with E-state index >= 15 is 0 Å². The number of rotatable bonds is 7. The topological polar surface area (TPSA) is 49.4 Å². The normalized spacial score (nSPS) is 13.9. The van der Waals surface area contributed by atoms with Gasteiger partial charge in [-0.3, -0.25) is 0 Å². The molecule has 114 valence electrons. The van der Waals surface area contributed by atoms with E-state index in [-0.39, 0.29) is 6.04 Å². The summed E-state index contributed by atoms with van der Waals surface area (Å²) in [6.07, 6.45) is 0. The largest absolute Gasteiger partial charge is 0.313 e. The van der Waals surface area contributed by atoms with E-state index in [1.165, 1.54) is 4.31 Å². The van der Waals surface area contributed by atoms with Crippen molar-refractivity contribution in [1.29, 1.82) is 0 Å². The fourth-order valence-corrected chi connectivity index (χ4v) is 3.66. The molecule has 5 heteroatoms. The van der Waals surface area contributed by atoms with Crippen molar-refractivity contribution in [3.05, 3.63) is 29.8 Å². The Labute approximate surface area is 123 Å². The fourth-order valence-electron chi connectivity index (χ4n) is 2.05. The number of nitrogens with zero attached hydrogens (tertiary/aromatic N) is 1. The summed E-state index contributed by atoms with van der Waals surface area (Å²) < 4.78 is 26.7. The third-order valence-corrected chi connectivity index (χ3v) is 5.33. The SMILES string of the molecule is CCN(CC(C)C)S(=O)(=O)c1ccc(C(C)NC)cc1. The average molecular weight is 298 g/mol. The molecule has 1 aromatic rings. The Morgan fingerprint density at radius 1 is 1.15 bits per heavy atom. The van der Waals surface area contributed by atoms with Crippen molar-refractivity contribution in [2.24, 2.45) is 5.92 Å². The molecule has 4 nitrogen and oxygen atoms in total. The molecule has 0 aliphatic rings. The van der Waals surface area contributed by atoms with Crippen molar-refractivity contribution in [1.82, 2.24) is 9.62 Å². The molecule has 1 N–H and O–H groups in total. The Kier molecular flexibility index (Phi) is 6.17. The summed E-state index contributed by atoms with van der Waals surface area (Å²) in [5.41, 5.74) is 1.08. The summed E-state index contributed by atoms with van der Waals surface area (Å²) in [6, 6.07) is 7.35. The maximum Gasteiger partial charge on any atom is 0.243 e. The van der Waals surface area contributed by atoms with E-state index in [9.17, 15) is 8.42 Å². The lowest BCUT2D eigenvalue weighted by Gasteiger charge is -2.22. The van der Waals surface area contributed by atoms with Crippen molar-refractivity contribution >= 4 is 10.0 Å². The zero-order valence-corrected chi connectivity index (χ0v) is 13.9. The molecule has 1 rings (SSSR count). The quantitative estimate of drug-likeness (QED) is 0.842. The maximum atomic E-state index is 12.6. The molecule has 1 atom stereocenters. The van der Waals surface area contributed by atoms with Gasteiger partial charge in [-0.25, -0.2) is 8.42 Å². The second-order valence-electron chi connectivity index (χ2n) is 5.43. The molecule has 0 heterocycles. The van der Waals surface area contributed by atoms with Crippen molar-refractivity contribution in [3.63, 3.8) is 0 Å². The van der Waals surface area contributed by atoms with Crippen LogP contribution >= 0.6 is 0 Å². The van der Waals surface area contributed by atoms with Gasteiger partial charge in [0.25, 0.3) is 0 Å². The summed E-state index contributed by atoms with van der Waals surface area (Å²) in [5, 5.41) is 3.14. The summed E-state index contributed by atoms with van der Waals surface area (Å²) in [7, 11) is -1.50. The highest BCUT2D eigenvalue weighted by atomic mass is 32.2. The molecule has 0 saturated heterocycles. The van der Waals surface area contributed by atoms with Crippen LogP contribution in [-0.2, 0) is 10.0 Å². The highest BCUT2D eigenvalue weighted by Crippen LogP contribution is 2.20. The van der Waals surface area contributed by atoms with Gasteiger partial charge in [0.2, 0.25) is 10.0 Å². The molecule has 0 saturated carbocycles. The molecule has 0 radical (unpaired) electrons. The molecule has 0 aliphatic carbocycles. The third-order valence-electron chi connectivity index (χ3n) is 3.37. The predicted molar refractivity (Wildman–Crippen MR) is 83.2 cm³/mol. The minimum absolute atomic E-state index is 0.213. The lowest BCUT2D eigenvalue weighted by atomic mass is 10.1. The van der Waals surface area contributed by atoms with Crippen molar-refractivity contribution in [2.45, 2.75) is 38.6 Å². The van der Waals surface area contributed by atoms with E-state index in [2.05, 4.69) is 5.32 Å². The highest BCUT2D eigenvalue weighted by molar-refractivity contribution is 7.89. The molecule has 20 heavy (non-hydrogen) atoms. The molecular formula is C15H26N2O2S. The average Bonchev–Trinajstić information content (AvgIpc) is 2.43. The zero-order valence-electron chi connectivity index (χ0n) is 13.1. The van der Waals surface area contributed by atoms with Crippen LogP contribution in [0.1, 0.15) is 39.3 Å². The molecule has 1 aromatic carbocycles. The molecule has 0 amide bonds. The first-order chi connectivity index (χ1) is 9.32. The van der Waals surface area contributed by atoms with Gasteiger partial charge in [0, 0.05) is 19.1 Å². The minimum atomic E-state index is -3.38. The monoisotopic (exact) mass is 298 g/mol. The van der Waals surface area contributed by atoms with Crippen LogP contribution in [-0.4, -0.2) is 32.9 Å². The highest BCUT2D eigenvalue weighted by Gasteiger charge is 2.23. The van der Waals surface area contributed by atoms with Gasteiger partial charge < -0.3 is 5.32 Å². The Morgan fingerprint density at radius 3 is 2.10 bits per heavy atom. The molecule has 0 spiro atoms. The van der Waals surface area contributed by atoms with Gasteiger partial charge in [0.05, 0.1) is 4.90 Å². The molecule has 0 fully saturated rings. The van der Waals surface area contributed by atoms with E-state index in [0.29, 0.717) is 23.9 Å². The molecule has 0 bridgehead atoms. The Bertz CT molecular complexity index is 509. The third kappa shape index (κ3) is 4.04. The first kappa shape index (κ1) is 17.1. The maximum absolute atomic E-state index is 12.6. The number of hydrogen-bond donors (Lipinski definition) is 1. The Hall–Kier alpha value is -0.910. The first-order valence-electron chi connectivity index (χ1n) is 7.10. The number of benzene rings is 1. The lowest BCUT2D eigenvalue weighted by Crippen LogP contribution is -2.34. The van der Waals surface area contributed by atoms with E-state index in [1.807, 2.05) is 46.9 Å². The number of sulfonamides is 1. The van der Waals surface area contributed by atoms with Gasteiger partial charge in [0.1, 0.15) is 0 Å². The zero-order chi connectivity index (χ0) is 15.3. The summed E-state index contributed by atoms with van der Waals surface area (Å²) >= 11 is 0.